The summed E-state index contributed by atoms with van der Waals surface area (Å²) in [7, 11) is 0. The molecular weight excluding hydrogens is 274 g/mol. The maximum Gasteiger partial charge on any atom is 0.254 e. The smallest absolute Gasteiger partial charge is 0.254 e. The normalized spacial score (nSPS) is 20.1. The quantitative estimate of drug-likeness (QED) is 0.780. The lowest BCUT2D eigenvalue weighted by molar-refractivity contribution is -0.139. The highest BCUT2D eigenvalue weighted by molar-refractivity contribution is 6.13. The van der Waals surface area contributed by atoms with Gasteiger partial charge in [-0.3, -0.25) is 14.5 Å². The Morgan fingerprint density at radius 3 is 2.36 bits per heavy atom. The first kappa shape index (κ1) is 15.0. The highest BCUT2D eigenvalue weighted by Crippen LogP contribution is 2.40. The number of hydrogen-bond donors (Lipinski definition) is 0. The Morgan fingerprint density at radius 2 is 1.73 bits per heavy atom. The lowest BCUT2D eigenvalue weighted by Gasteiger charge is -2.23. The molecule has 1 aliphatic heterocycles. The van der Waals surface area contributed by atoms with E-state index in [2.05, 4.69) is 26.0 Å². The Morgan fingerprint density at radius 1 is 1.05 bits per heavy atom. The van der Waals surface area contributed by atoms with Crippen LogP contribution < -0.4 is 0 Å². The number of nitrogens with zero attached hydrogens (tertiary/aromatic N) is 1. The van der Waals surface area contributed by atoms with Gasteiger partial charge in [0.1, 0.15) is 0 Å². The fourth-order valence-electron chi connectivity index (χ4n) is 3.78. The number of carbonyl (C=O) groups excluding carboxylic acids is 2. The van der Waals surface area contributed by atoms with Gasteiger partial charge in [0.2, 0.25) is 0 Å². The van der Waals surface area contributed by atoms with Gasteiger partial charge in [0.25, 0.3) is 11.8 Å². The second-order valence-electron chi connectivity index (χ2n) is 6.26. The van der Waals surface area contributed by atoms with Crippen molar-refractivity contribution in [1.82, 2.24) is 4.90 Å². The van der Waals surface area contributed by atoms with Gasteiger partial charge in [-0.2, -0.15) is 0 Å². The van der Waals surface area contributed by atoms with Gasteiger partial charge in [-0.1, -0.05) is 38.8 Å². The second kappa shape index (κ2) is 6.07. The molecule has 0 radical (unpaired) electrons. The van der Waals surface area contributed by atoms with Crippen molar-refractivity contribution in [2.45, 2.75) is 58.4 Å². The Kier molecular flexibility index (Phi) is 4.14. The van der Waals surface area contributed by atoms with Crippen LogP contribution in [0.5, 0.6) is 0 Å². The fraction of sp³-hybridized carbons (Fsp3) is 0.474. The Bertz CT molecular complexity index is 627. The van der Waals surface area contributed by atoms with E-state index < -0.39 is 0 Å². The molecule has 22 heavy (non-hydrogen) atoms. The number of rotatable bonds is 5. The molecule has 3 heteroatoms. The molecule has 1 aromatic rings. The lowest BCUT2D eigenvalue weighted by atomic mass is 9.94. The number of aryl methyl sites for hydroxylation is 2. The summed E-state index contributed by atoms with van der Waals surface area (Å²) in [5.74, 6) is -0.332. The molecule has 3 nitrogen and oxygen atoms in total. The molecule has 0 unspecified atom stereocenters. The second-order valence-corrected chi connectivity index (χ2v) is 6.26. The van der Waals surface area contributed by atoms with Crippen molar-refractivity contribution < 1.29 is 9.59 Å². The van der Waals surface area contributed by atoms with Crippen LogP contribution in [0.2, 0.25) is 0 Å². The number of amides is 2. The first-order valence-corrected chi connectivity index (χ1v) is 8.35. The molecule has 2 amide bonds. The standard InChI is InChI=1S/C19H23NO2/c1-3-5-13-11-14(6-4-2)15-7-8-17(16(15)12-13)20-18(21)9-10-19(20)22/h9-12,17H,3-8H2,1-2H3/t17-/m0/s1. The van der Waals surface area contributed by atoms with Crippen LogP contribution in [-0.2, 0) is 28.9 Å². The minimum absolute atomic E-state index is 0.0718. The summed E-state index contributed by atoms with van der Waals surface area (Å²) >= 11 is 0. The summed E-state index contributed by atoms with van der Waals surface area (Å²) in [4.78, 5) is 25.5. The molecule has 0 N–H and O–H groups in total. The monoisotopic (exact) mass is 297 g/mol. The van der Waals surface area contributed by atoms with Gasteiger partial charge < -0.3 is 0 Å². The van der Waals surface area contributed by atoms with Gasteiger partial charge in [0.05, 0.1) is 6.04 Å². The van der Waals surface area contributed by atoms with Gasteiger partial charge in [-0.15, -0.1) is 0 Å². The largest absolute Gasteiger partial charge is 0.269 e. The minimum atomic E-state index is -0.166. The molecule has 0 spiro atoms. The van der Waals surface area contributed by atoms with E-state index in [1.54, 1.807) is 0 Å². The van der Waals surface area contributed by atoms with Crippen molar-refractivity contribution in [3.8, 4) is 0 Å². The van der Waals surface area contributed by atoms with E-state index in [1.807, 2.05) is 0 Å². The molecule has 0 saturated heterocycles. The summed E-state index contributed by atoms with van der Waals surface area (Å²) < 4.78 is 0. The van der Waals surface area contributed by atoms with Crippen molar-refractivity contribution >= 4 is 11.8 Å². The molecule has 0 aromatic heterocycles. The van der Waals surface area contributed by atoms with Crippen molar-refractivity contribution in [2.75, 3.05) is 0 Å². The van der Waals surface area contributed by atoms with Crippen LogP contribution in [0.3, 0.4) is 0 Å². The summed E-state index contributed by atoms with van der Waals surface area (Å²) in [5.41, 5.74) is 5.33. The van der Waals surface area contributed by atoms with E-state index in [4.69, 9.17) is 0 Å². The van der Waals surface area contributed by atoms with Gasteiger partial charge >= 0.3 is 0 Å². The maximum absolute atomic E-state index is 12.0. The molecule has 0 fully saturated rings. The molecular formula is C19H23NO2. The fourth-order valence-corrected chi connectivity index (χ4v) is 3.78. The number of benzene rings is 1. The number of imide groups is 1. The minimum Gasteiger partial charge on any atom is -0.269 e. The molecule has 2 aliphatic rings. The third-order valence-electron chi connectivity index (χ3n) is 4.68. The van der Waals surface area contributed by atoms with Crippen LogP contribution in [0.15, 0.2) is 24.3 Å². The van der Waals surface area contributed by atoms with Gasteiger partial charge in [0, 0.05) is 12.2 Å². The zero-order chi connectivity index (χ0) is 15.7. The topological polar surface area (TPSA) is 37.4 Å². The SMILES string of the molecule is CCCc1cc(CCC)c2c(c1)[C@@H](N1C(=O)C=CC1=O)CC2. The van der Waals surface area contributed by atoms with Crippen LogP contribution in [0.25, 0.3) is 0 Å². The lowest BCUT2D eigenvalue weighted by Crippen LogP contribution is -2.33. The highest BCUT2D eigenvalue weighted by Gasteiger charge is 2.37. The highest BCUT2D eigenvalue weighted by atomic mass is 16.2. The molecule has 1 atom stereocenters. The van der Waals surface area contributed by atoms with Gasteiger partial charge in [-0.25, -0.2) is 0 Å². The Labute approximate surface area is 132 Å². The molecule has 116 valence electrons. The average Bonchev–Trinajstić information content (AvgIpc) is 3.03. The summed E-state index contributed by atoms with van der Waals surface area (Å²) in [6.07, 6.45) is 8.98. The molecule has 0 bridgehead atoms. The molecule has 1 aliphatic carbocycles. The van der Waals surface area contributed by atoms with Gasteiger partial charge in [-0.05, 0) is 47.9 Å². The summed E-state index contributed by atoms with van der Waals surface area (Å²) in [5, 5.41) is 0. The zero-order valence-corrected chi connectivity index (χ0v) is 13.4. The predicted molar refractivity (Wildman–Crippen MR) is 86.5 cm³/mol. The van der Waals surface area contributed by atoms with Gasteiger partial charge in [0.15, 0.2) is 0 Å². The first-order chi connectivity index (χ1) is 10.7. The summed E-state index contributed by atoms with van der Waals surface area (Å²) in [6.45, 7) is 4.38. The van der Waals surface area contributed by atoms with E-state index in [-0.39, 0.29) is 17.9 Å². The predicted octanol–water partition coefficient (Wildman–Crippen LogP) is 3.50. The number of fused-ring (bicyclic) bond motifs is 1. The van der Waals surface area contributed by atoms with Crippen molar-refractivity contribution in [3.05, 3.63) is 46.5 Å². The van der Waals surface area contributed by atoms with Crippen LogP contribution in [-0.4, -0.2) is 16.7 Å². The Balaban J connectivity index is 2.01. The maximum atomic E-state index is 12.0. The third kappa shape index (κ3) is 2.49. The molecule has 1 aromatic carbocycles. The van der Waals surface area contributed by atoms with Crippen molar-refractivity contribution in [3.63, 3.8) is 0 Å². The van der Waals surface area contributed by atoms with E-state index >= 15 is 0 Å². The van der Waals surface area contributed by atoms with E-state index in [1.165, 1.54) is 39.3 Å². The van der Waals surface area contributed by atoms with E-state index in [9.17, 15) is 9.59 Å². The van der Waals surface area contributed by atoms with E-state index in [0.717, 1.165) is 38.5 Å². The van der Waals surface area contributed by atoms with Crippen LogP contribution >= 0.6 is 0 Å². The van der Waals surface area contributed by atoms with Crippen molar-refractivity contribution in [1.29, 1.82) is 0 Å². The first-order valence-electron chi connectivity index (χ1n) is 8.35. The third-order valence-corrected chi connectivity index (χ3v) is 4.68. The summed E-state index contributed by atoms with van der Waals surface area (Å²) in [6, 6.07) is 4.49. The molecule has 0 saturated carbocycles. The van der Waals surface area contributed by atoms with Crippen LogP contribution in [0.4, 0.5) is 0 Å². The number of carbonyl (C=O) groups is 2. The van der Waals surface area contributed by atoms with Crippen LogP contribution in [0, 0.1) is 0 Å². The average molecular weight is 297 g/mol. The van der Waals surface area contributed by atoms with Crippen molar-refractivity contribution in [2.24, 2.45) is 0 Å². The molecule has 3 rings (SSSR count). The van der Waals surface area contributed by atoms with Crippen LogP contribution in [0.1, 0.15) is 61.4 Å². The van der Waals surface area contributed by atoms with E-state index in [0.29, 0.717) is 0 Å². The number of hydrogen-bond acceptors (Lipinski definition) is 2. The zero-order valence-electron chi connectivity index (χ0n) is 13.4. The molecule has 1 heterocycles. The Hall–Kier alpha value is -1.90.